The Labute approximate surface area is 68.0 Å². The van der Waals surface area contributed by atoms with Gasteiger partial charge in [-0.2, -0.15) is 0 Å². The molecule has 0 fully saturated rings. The van der Waals surface area contributed by atoms with Crippen molar-refractivity contribution in [2.45, 2.75) is 6.42 Å². The molecule has 0 atom stereocenters. The monoisotopic (exact) mass is 196 g/mol. The predicted molar refractivity (Wildman–Crippen MR) is 43.0 cm³/mol. The van der Waals surface area contributed by atoms with Crippen molar-refractivity contribution in [1.29, 1.82) is 0 Å². The number of rotatable bonds is 0. The van der Waals surface area contributed by atoms with Crippen LogP contribution in [0, 0.1) is 0 Å². The number of para-hydroxylation sites is 1. The number of hydrogen-bond acceptors (Lipinski definition) is 1. The Bertz CT molecular complexity index is 291. The van der Waals surface area contributed by atoms with E-state index in [1.807, 2.05) is 18.2 Å². The van der Waals surface area contributed by atoms with Gasteiger partial charge in [0.25, 0.3) is 0 Å². The van der Waals surface area contributed by atoms with E-state index in [2.05, 4.69) is 27.1 Å². The molecule has 0 spiro atoms. The normalized spacial score (nSPS) is 14.6. The van der Waals surface area contributed by atoms with E-state index in [1.165, 1.54) is 5.56 Å². The minimum atomic E-state index is 0.982. The van der Waals surface area contributed by atoms with Crippen molar-refractivity contribution in [3.63, 3.8) is 0 Å². The van der Waals surface area contributed by atoms with Crippen LogP contribution in [-0.4, -0.2) is 20.6 Å². The molecule has 2 heteroatoms. The van der Waals surface area contributed by atoms with E-state index >= 15 is 0 Å². The number of benzene rings is 1. The van der Waals surface area contributed by atoms with Crippen LogP contribution in [-0.2, 0) is 6.42 Å². The van der Waals surface area contributed by atoms with Gasteiger partial charge in [-0.1, -0.05) is 0 Å². The summed E-state index contributed by atoms with van der Waals surface area (Å²) in [4.78, 5) is 4.31. The Morgan fingerprint density at radius 3 is 2.90 bits per heavy atom. The Morgan fingerprint density at radius 2 is 2.10 bits per heavy atom. The maximum absolute atomic E-state index is 4.31. The summed E-state index contributed by atoms with van der Waals surface area (Å²) in [6.45, 7) is 0. The summed E-state index contributed by atoms with van der Waals surface area (Å²) >= 11 is 2.94. The van der Waals surface area contributed by atoms with Crippen LogP contribution >= 0.6 is 0 Å². The molecule has 0 aromatic heterocycles. The van der Waals surface area contributed by atoms with Gasteiger partial charge >= 0.3 is 67.6 Å². The summed E-state index contributed by atoms with van der Waals surface area (Å²) in [7, 11) is 0. The molecule has 0 bridgehead atoms. The SMILES string of the molecule is [Se]C1=Nc2ccccc2C1. The first-order valence-electron chi connectivity index (χ1n) is 3.19. The van der Waals surface area contributed by atoms with Crippen LogP contribution in [0.3, 0.4) is 0 Å². The Hall–Kier alpha value is -0.591. The summed E-state index contributed by atoms with van der Waals surface area (Å²) in [6.07, 6.45) is 0.982. The van der Waals surface area contributed by atoms with Crippen LogP contribution in [0.4, 0.5) is 5.69 Å². The van der Waals surface area contributed by atoms with Gasteiger partial charge in [0.15, 0.2) is 0 Å². The third-order valence-corrected chi connectivity index (χ3v) is 2.07. The molecular formula is C8H6NSe. The summed E-state index contributed by atoms with van der Waals surface area (Å²) in [5.41, 5.74) is 2.45. The molecule has 0 saturated heterocycles. The average molecular weight is 195 g/mol. The van der Waals surface area contributed by atoms with E-state index in [9.17, 15) is 0 Å². The van der Waals surface area contributed by atoms with Gasteiger partial charge in [-0.05, 0) is 0 Å². The van der Waals surface area contributed by atoms with Crippen molar-refractivity contribution in [3.05, 3.63) is 29.8 Å². The summed E-state index contributed by atoms with van der Waals surface area (Å²) < 4.78 is 1.10. The molecule has 1 radical (unpaired) electrons. The molecule has 49 valence electrons. The van der Waals surface area contributed by atoms with E-state index in [1.54, 1.807) is 0 Å². The Kier molecular flexibility index (Phi) is 1.37. The van der Waals surface area contributed by atoms with Gasteiger partial charge in [0.2, 0.25) is 0 Å². The van der Waals surface area contributed by atoms with Gasteiger partial charge in [-0.3, -0.25) is 0 Å². The molecule has 1 heterocycles. The van der Waals surface area contributed by atoms with Gasteiger partial charge in [0.1, 0.15) is 0 Å². The van der Waals surface area contributed by atoms with Crippen molar-refractivity contribution in [1.82, 2.24) is 0 Å². The second kappa shape index (κ2) is 2.22. The zero-order valence-electron chi connectivity index (χ0n) is 5.37. The maximum atomic E-state index is 4.31. The van der Waals surface area contributed by atoms with E-state index in [0.29, 0.717) is 0 Å². The number of aliphatic imine (C=N–C) groups is 1. The van der Waals surface area contributed by atoms with Crippen molar-refractivity contribution >= 4 is 26.3 Å². The second-order valence-corrected chi connectivity index (χ2v) is 3.30. The molecule has 1 aromatic rings. The fourth-order valence-corrected chi connectivity index (χ4v) is 1.64. The van der Waals surface area contributed by atoms with Crippen LogP contribution < -0.4 is 0 Å². The molecule has 2 rings (SSSR count). The van der Waals surface area contributed by atoms with Crippen molar-refractivity contribution in [3.8, 4) is 0 Å². The minimum absolute atomic E-state index is 0.982. The number of fused-ring (bicyclic) bond motifs is 1. The van der Waals surface area contributed by atoms with Crippen LogP contribution in [0.5, 0.6) is 0 Å². The van der Waals surface area contributed by atoms with E-state index < -0.39 is 0 Å². The van der Waals surface area contributed by atoms with Crippen LogP contribution in [0.1, 0.15) is 5.56 Å². The quantitative estimate of drug-likeness (QED) is 0.555. The fraction of sp³-hybridized carbons (Fsp3) is 0.125. The zero-order chi connectivity index (χ0) is 6.97. The molecule has 0 N–H and O–H groups in total. The molecule has 1 nitrogen and oxygen atoms in total. The molecule has 0 aliphatic carbocycles. The van der Waals surface area contributed by atoms with Gasteiger partial charge in [-0.25, -0.2) is 0 Å². The first-order valence-corrected chi connectivity index (χ1v) is 4.04. The van der Waals surface area contributed by atoms with Crippen LogP contribution in [0.2, 0.25) is 0 Å². The Balaban J connectivity index is 2.54. The first-order chi connectivity index (χ1) is 4.86. The third-order valence-electron chi connectivity index (χ3n) is 1.58. The van der Waals surface area contributed by atoms with Crippen molar-refractivity contribution in [2.24, 2.45) is 4.99 Å². The van der Waals surface area contributed by atoms with Gasteiger partial charge in [0.05, 0.1) is 0 Å². The van der Waals surface area contributed by atoms with Crippen molar-refractivity contribution < 1.29 is 0 Å². The van der Waals surface area contributed by atoms with Gasteiger partial charge < -0.3 is 0 Å². The molecule has 1 aromatic carbocycles. The molecule has 0 unspecified atom stereocenters. The van der Waals surface area contributed by atoms with E-state index in [-0.39, 0.29) is 0 Å². The van der Waals surface area contributed by atoms with Crippen molar-refractivity contribution in [2.75, 3.05) is 0 Å². The molecular weight excluding hydrogens is 189 g/mol. The molecule has 0 saturated carbocycles. The molecule has 1 aliphatic rings. The zero-order valence-corrected chi connectivity index (χ0v) is 7.09. The second-order valence-electron chi connectivity index (χ2n) is 2.31. The standard InChI is InChI=1S/C8H6NSe/c10-8-5-6-3-1-2-4-7(6)9-8/h1-4H,5H2. The molecule has 10 heavy (non-hydrogen) atoms. The Morgan fingerprint density at radius 1 is 1.30 bits per heavy atom. The summed E-state index contributed by atoms with van der Waals surface area (Å²) in [5, 5.41) is 0. The van der Waals surface area contributed by atoms with E-state index in [4.69, 9.17) is 0 Å². The predicted octanol–water partition coefficient (Wildman–Crippen LogP) is 1.44. The van der Waals surface area contributed by atoms with Gasteiger partial charge in [0, 0.05) is 0 Å². The first kappa shape index (κ1) is 6.14. The van der Waals surface area contributed by atoms with Crippen LogP contribution in [0.15, 0.2) is 29.3 Å². The van der Waals surface area contributed by atoms with Gasteiger partial charge in [-0.15, -0.1) is 0 Å². The molecule has 0 amide bonds. The summed E-state index contributed by atoms with van der Waals surface area (Å²) in [6, 6.07) is 8.22. The number of hydrogen-bond donors (Lipinski definition) is 0. The van der Waals surface area contributed by atoms with Crippen LogP contribution in [0.25, 0.3) is 0 Å². The topological polar surface area (TPSA) is 12.4 Å². The summed E-state index contributed by atoms with van der Waals surface area (Å²) in [5.74, 6) is 0. The fourth-order valence-electron chi connectivity index (χ4n) is 1.11. The molecule has 1 aliphatic heterocycles. The number of nitrogens with zero attached hydrogens (tertiary/aromatic N) is 1. The third kappa shape index (κ3) is 0.898. The van der Waals surface area contributed by atoms with E-state index in [0.717, 1.165) is 16.7 Å². The average Bonchev–Trinajstić information content (AvgIpc) is 2.27.